The van der Waals surface area contributed by atoms with E-state index in [0.29, 0.717) is 0 Å². The molecular weight excluding hydrogens is 302 g/mol. The molecule has 1 N–H and O–H groups in total. The predicted molar refractivity (Wildman–Crippen MR) is 83.5 cm³/mol. The lowest BCUT2D eigenvalue weighted by molar-refractivity contribution is 0.706. The van der Waals surface area contributed by atoms with Crippen molar-refractivity contribution in [2.75, 3.05) is 5.32 Å². The van der Waals surface area contributed by atoms with E-state index in [4.69, 9.17) is 0 Å². The van der Waals surface area contributed by atoms with Crippen LogP contribution in [-0.2, 0) is 20.0 Å². The van der Waals surface area contributed by atoms with E-state index in [2.05, 4.69) is 65.3 Å². The quantitative estimate of drug-likeness (QED) is 0.923. The van der Waals surface area contributed by atoms with Crippen molar-refractivity contribution in [2.24, 2.45) is 7.05 Å². The number of benzene rings is 1. The standard InChI is InChI=1S/C15H20BrN3/c1-5-12-15(16)14(19(4)18-12)9-17-13-8-6-7-10(2)11(13)3/h6-8,17H,5,9H2,1-4H3. The number of rotatable bonds is 4. The van der Waals surface area contributed by atoms with Gasteiger partial charge in [0.15, 0.2) is 0 Å². The van der Waals surface area contributed by atoms with E-state index in [9.17, 15) is 0 Å². The first-order valence-electron chi connectivity index (χ1n) is 6.55. The Morgan fingerprint density at radius 3 is 2.68 bits per heavy atom. The van der Waals surface area contributed by atoms with Crippen LogP contribution in [0.25, 0.3) is 0 Å². The highest BCUT2D eigenvalue weighted by molar-refractivity contribution is 9.10. The van der Waals surface area contributed by atoms with Gasteiger partial charge in [-0.15, -0.1) is 0 Å². The van der Waals surface area contributed by atoms with Crippen molar-refractivity contribution in [3.8, 4) is 0 Å². The molecule has 0 aliphatic heterocycles. The van der Waals surface area contributed by atoms with Crippen LogP contribution < -0.4 is 5.32 Å². The molecule has 0 spiro atoms. The normalized spacial score (nSPS) is 10.8. The van der Waals surface area contributed by atoms with E-state index in [-0.39, 0.29) is 0 Å². The summed E-state index contributed by atoms with van der Waals surface area (Å²) >= 11 is 3.65. The van der Waals surface area contributed by atoms with Crippen LogP contribution in [0.5, 0.6) is 0 Å². The molecule has 0 unspecified atom stereocenters. The fraction of sp³-hybridized carbons (Fsp3) is 0.400. The number of aryl methyl sites for hydroxylation is 3. The van der Waals surface area contributed by atoms with Crippen LogP contribution in [0.3, 0.4) is 0 Å². The van der Waals surface area contributed by atoms with Gasteiger partial charge in [-0.25, -0.2) is 0 Å². The van der Waals surface area contributed by atoms with Crippen molar-refractivity contribution in [2.45, 2.75) is 33.7 Å². The first-order valence-corrected chi connectivity index (χ1v) is 7.34. The molecule has 0 aliphatic carbocycles. The van der Waals surface area contributed by atoms with E-state index in [1.54, 1.807) is 0 Å². The van der Waals surface area contributed by atoms with Gasteiger partial charge in [-0.1, -0.05) is 19.1 Å². The Bertz CT molecular complexity index is 587. The maximum absolute atomic E-state index is 4.51. The molecule has 0 saturated heterocycles. The molecule has 0 bridgehead atoms. The summed E-state index contributed by atoms with van der Waals surface area (Å²) < 4.78 is 3.07. The van der Waals surface area contributed by atoms with E-state index in [1.165, 1.54) is 22.5 Å². The summed E-state index contributed by atoms with van der Waals surface area (Å²) in [7, 11) is 1.99. The van der Waals surface area contributed by atoms with Crippen LogP contribution in [0.15, 0.2) is 22.7 Å². The number of hydrogen-bond acceptors (Lipinski definition) is 2. The van der Waals surface area contributed by atoms with Crippen molar-refractivity contribution in [3.05, 3.63) is 45.2 Å². The fourth-order valence-corrected chi connectivity index (χ4v) is 2.89. The lowest BCUT2D eigenvalue weighted by atomic mass is 10.1. The van der Waals surface area contributed by atoms with Gasteiger partial charge in [0.2, 0.25) is 0 Å². The second-order valence-electron chi connectivity index (χ2n) is 4.79. The molecule has 1 aromatic carbocycles. The molecule has 2 aromatic rings. The van der Waals surface area contributed by atoms with Crippen LogP contribution in [-0.4, -0.2) is 9.78 Å². The molecule has 19 heavy (non-hydrogen) atoms. The van der Waals surface area contributed by atoms with Crippen LogP contribution in [0, 0.1) is 13.8 Å². The largest absolute Gasteiger partial charge is 0.379 e. The molecule has 2 rings (SSSR count). The maximum atomic E-state index is 4.51. The van der Waals surface area contributed by atoms with Gasteiger partial charge in [0, 0.05) is 12.7 Å². The molecule has 1 aromatic heterocycles. The Hall–Kier alpha value is -1.29. The minimum Gasteiger partial charge on any atom is -0.379 e. The van der Waals surface area contributed by atoms with Crippen LogP contribution in [0.1, 0.15) is 29.4 Å². The second-order valence-corrected chi connectivity index (χ2v) is 5.58. The molecule has 0 atom stereocenters. The van der Waals surface area contributed by atoms with Gasteiger partial charge < -0.3 is 5.32 Å². The van der Waals surface area contributed by atoms with Crippen molar-refractivity contribution in [1.82, 2.24) is 9.78 Å². The van der Waals surface area contributed by atoms with Gasteiger partial charge in [-0.3, -0.25) is 4.68 Å². The van der Waals surface area contributed by atoms with E-state index < -0.39 is 0 Å². The SMILES string of the molecule is CCc1nn(C)c(CNc2cccc(C)c2C)c1Br. The minimum absolute atomic E-state index is 0.772. The van der Waals surface area contributed by atoms with E-state index in [1.807, 2.05) is 11.7 Å². The Morgan fingerprint density at radius 1 is 1.32 bits per heavy atom. The highest BCUT2D eigenvalue weighted by Crippen LogP contribution is 2.24. The second kappa shape index (κ2) is 5.78. The Balaban J connectivity index is 2.19. The minimum atomic E-state index is 0.772. The molecule has 4 heteroatoms. The third-order valence-electron chi connectivity index (χ3n) is 3.55. The first kappa shape index (κ1) is 14.1. The molecule has 0 fully saturated rings. The number of aromatic nitrogens is 2. The summed E-state index contributed by atoms with van der Waals surface area (Å²) in [6, 6.07) is 6.34. The number of hydrogen-bond donors (Lipinski definition) is 1. The molecule has 1 heterocycles. The lowest BCUT2D eigenvalue weighted by Gasteiger charge is -2.11. The zero-order valence-corrected chi connectivity index (χ0v) is 13.5. The average molecular weight is 322 g/mol. The monoisotopic (exact) mass is 321 g/mol. The van der Waals surface area contributed by atoms with Crippen LogP contribution in [0.4, 0.5) is 5.69 Å². The molecule has 3 nitrogen and oxygen atoms in total. The summed E-state index contributed by atoms with van der Waals surface area (Å²) in [5, 5.41) is 8.01. The molecule has 102 valence electrons. The van der Waals surface area contributed by atoms with Crippen molar-refractivity contribution >= 4 is 21.6 Å². The Morgan fingerprint density at radius 2 is 2.05 bits per heavy atom. The van der Waals surface area contributed by atoms with Crippen LogP contribution in [0.2, 0.25) is 0 Å². The third kappa shape index (κ3) is 2.84. The third-order valence-corrected chi connectivity index (χ3v) is 4.47. The molecule has 0 radical (unpaired) electrons. The van der Waals surface area contributed by atoms with Gasteiger partial charge in [-0.2, -0.15) is 5.10 Å². The van der Waals surface area contributed by atoms with Gasteiger partial charge in [-0.05, 0) is 53.4 Å². The van der Waals surface area contributed by atoms with Crippen molar-refractivity contribution < 1.29 is 0 Å². The highest BCUT2D eigenvalue weighted by atomic mass is 79.9. The predicted octanol–water partition coefficient (Wildman–Crippen LogP) is 3.97. The summed E-state index contributed by atoms with van der Waals surface area (Å²) in [5.74, 6) is 0. The first-order chi connectivity index (χ1) is 9.04. The molecule has 0 saturated carbocycles. The molecular formula is C15H20BrN3. The number of nitrogens with zero attached hydrogens (tertiary/aromatic N) is 2. The van der Waals surface area contributed by atoms with Gasteiger partial charge >= 0.3 is 0 Å². The number of halogens is 1. The lowest BCUT2D eigenvalue weighted by Crippen LogP contribution is -2.07. The summed E-state index contributed by atoms with van der Waals surface area (Å²) in [5.41, 5.74) is 6.09. The smallest absolute Gasteiger partial charge is 0.0767 e. The molecule has 0 aliphatic rings. The van der Waals surface area contributed by atoms with E-state index >= 15 is 0 Å². The Labute approximate surface area is 123 Å². The summed E-state index contributed by atoms with van der Waals surface area (Å²) in [4.78, 5) is 0. The van der Waals surface area contributed by atoms with E-state index in [0.717, 1.165) is 23.1 Å². The van der Waals surface area contributed by atoms with Gasteiger partial charge in [0.05, 0.1) is 22.4 Å². The Kier molecular flexibility index (Phi) is 4.30. The van der Waals surface area contributed by atoms with Gasteiger partial charge in [0.1, 0.15) is 0 Å². The fourth-order valence-electron chi connectivity index (χ4n) is 2.13. The average Bonchev–Trinajstić information content (AvgIpc) is 2.66. The zero-order chi connectivity index (χ0) is 14.0. The van der Waals surface area contributed by atoms with Crippen molar-refractivity contribution in [1.29, 1.82) is 0 Å². The highest BCUT2D eigenvalue weighted by Gasteiger charge is 2.12. The zero-order valence-electron chi connectivity index (χ0n) is 11.9. The number of anilines is 1. The maximum Gasteiger partial charge on any atom is 0.0767 e. The van der Waals surface area contributed by atoms with Crippen LogP contribution >= 0.6 is 15.9 Å². The molecule has 0 amide bonds. The number of nitrogens with one attached hydrogen (secondary N) is 1. The van der Waals surface area contributed by atoms with Crippen molar-refractivity contribution in [3.63, 3.8) is 0 Å². The van der Waals surface area contributed by atoms with Gasteiger partial charge in [0.25, 0.3) is 0 Å². The topological polar surface area (TPSA) is 29.9 Å². The summed E-state index contributed by atoms with van der Waals surface area (Å²) in [6.07, 6.45) is 0.942. The summed E-state index contributed by atoms with van der Waals surface area (Å²) in [6.45, 7) is 7.17.